The molecule has 0 aliphatic heterocycles. The SMILES string of the molecule is O=C(NCc1nc(-c2ccccc2)cs1)c1ccc(=O)[nH]n1. The highest BCUT2D eigenvalue weighted by atomic mass is 32.1. The lowest BCUT2D eigenvalue weighted by atomic mass is 10.2. The van der Waals surface area contributed by atoms with Crippen molar-refractivity contribution in [1.29, 1.82) is 0 Å². The molecule has 110 valence electrons. The van der Waals surface area contributed by atoms with E-state index in [-0.39, 0.29) is 17.2 Å². The van der Waals surface area contributed by atoms with Crippen LogP contribution in [0.4, 0.5) is 0 Å². The Balaban J connectivity index is 1.65. The van der Waals surface area contributed by atoms with E-state index in [1.165, 1.54) is 23.5 Å². The van der Waals surface area contributed by atoms with Crippen LogP contribution in [0.25, 0.3) is 11.3 Å². The third-order valence-corrected chi connectivity index (χ3v) is 3.78. The van der Waals surface area contributed by atoms with E-state index in [9.17, 15) is 9.59 Å². The number of nitrogens with one attached hydrogen (secondary N) is 2. The maximum Gasteiger partial charge on any atom is 0.272 e. The van der Waals surface area contributed by atoms with Gasteiger partial charge >= 0.3 is 0 Å². The highest BCUT2D eigenvalue weighted by molar-refractivity contribution is 7.09. The minimum Gasteiger partial charge on any atom is -0.344 e. The monoisotopic (exact) mass is 312 g/mol. The average Bonchev–Trinajstić information content (AvgIpc) is 3.03. The molecule has 3 rings (SSSR count). The predicted octanol–water partition coefficient (Wildman–Crippen LogP) is 1.82. The third-order valence-electron chi connectivity index (χ3n) is 2.93. The summed E-state index contributed by atoms with van der Waals surface area (Å²) in [6, 6.07) is 12.5. The summed E-state index contributed by atoms with van der Waals surface area (Å²) in [7, 11) is 0. The van der Waals surface area contributed by atoms with Crippen molar-refractivity contribution in [2.75, 3.05) is 0 Å². The van der Waals surface area contributed by atoms with Crippen LogP contribution in [0.2, 0.25) is 0 Å². The Morgan fingerprint density at radius 1 is 1.18 bits per heavy atom. The number of hydrogen-bond donors (Lipinski definition) is 2. The lowest BCUT2D eigenvalue weighted by Gasteiger charge is -2.01. The molecule has 6 nitrogen and oxygen atoms in total. The largest absolute Gasteiger partial charge is 0.344 e. The van der Waals surface area contributed by atoms with E-state index in [2.05, 4.69) is 20.5 Å². The van der Waals surface area contributed by atoms with Crippen LogP contribution in [0.1, 0.15) is 15.5 Å². The van der Waals surface area contributed by atoms with Gasteiger partial charge < -0.3 is 5.32 Å². The van der Waals surface area contributed by atoms with Crippen LogP contribution >= 0.6 is 11.3 Å². The van der Waals surface area contributed by atoms with Crippen molar-refractivity contribution in [3.63, 3.8) is 0 Å². The number of thiazole rings is 1. The first-order chi connectivity index (χ1) is 10.7. The Morgan fingerprint density at radius 3 is 2.73 bits per heavy atom. The lowest BCUT2D eigenvalue weighted by Crippen LogP contribution is -2.25. The highest BCUT2D eigenvalue weighted by Gasteiger charge is 2.09. The quantitative estimate of drug-likeness (QED) is 0.769. The van der Waals surface area contributed by atoms with Gasteiger partial charge in [0.1, 0.15) is 10.7 Å². The van der Waals surface area contributed by atoms with Gasteiger partial charge in [-0.05, 0) is 6.07 Å². The van der Waals surface area contributed by atoms with Gasteiger partial charge in [0.05, 0.1) is 12.2 Å². The average molecular weight is 312 g/mol. The molecule has 0 fully saturated rings. The van der Waals surface area contributed by atoms with Crippen molar-refractivity contribution in [1.82, 2.24) is 20.5 Å². The maximum atomic E-state index is 11.9. The first kappa shape index (κ1) is 14.2. The number of benzene rings is 1. The normalized spacial score (nSPS) is 10.4. The lowest BCUT2D eigenvalue weighted by molar-refractivity contribution is 0.0944. The third kappa shape index (κ3) is 3.26. The van der Waals surface area contributed by atoms with Crippen LogP contribution in [0.3, 0.4) is 0 Å². The maximum absolute atomic E-state index is 11.9. The van der Waals surface area contributed by atoms with E-state index in [0.717, 1.165) is 16.3 Å². The summed E-state index contributed by atoms with van der Waals surface area (Å²) >= 11 is 1.48. The number of H-pyrrole nitrogens is 1. The molecule has 7 heteroatoms. The zero-order chi connectivity index (χ0) is 15.4. The summed E-state index contributed by atoms with van der Waals surface area (Å²) in [6.07, 6.45) is 0. The summed E-state index contributed by atoms with van der Waals surface area (Å²) in [6.45, 7) is 0.317. The molecule has 2 aromatic heterocycles. The summed E-state index contributed by atoms with van der Waals surface area (Å²) in [5, 5.41) is 11.4. The fraction of sp³-hybridized carbons (Fsp3) is 0.0667. The summed E-state index contributed by atoms with van der Waals surface area (Å²) in [4.78, 5) is 27.3. The van der Waals surface area contributed by atoms with Crippen LogP contribution in [0, 0.1) is 0 Å². The number of aromatic amines is 1. The van der Waals surface area contributed by atoms with Gasteiger partial charge in [0.15, 0.2) is 0 Å². The summed E-state index contributed by atoms with van der Waals surface area (Å²) in [5.74, 6) is -0.354. The first-order valence-corrected chi connectivity index (χ1v) is 7.44. The summed E-state index contributed by atoms with van der Waals surface area (Å²) < 4.78 is 0. The van der Waals surface area contributed by atoms with Gasteiger partial charge in [-0.15, -0.1) is 11.3 Å². The number of nitrogens with zero attached hydrogens (tertiary/aromatic N) is 2. The minimum absolute atomic E-state index is 0.166. The minimum atomic E-state index is -0.354. The molecule has 0 radical (unpaired) electrons. The number of amides is 1. The highest BCUT2D eigenvalue weighted by Crippen LogP contribution is 2.21. The standard InChI is InChI=1S/C15H12N4O2S/c20-13-7-6-11(18-19-13)15(21)16-8-14-17-12(9-22-14)10-4-2-1-3-5-10/h1-7,9H,8H2,(H,16,21)(H,19,20). The fourth-order valence-corrected chi connectivity index (χ4v) is 2.59. The number of aromatic nitrogens is 3. The van der Waals surface area contributed by atoms with Crippen LogP contribution < -0.4 is 10.9 Å². The van der Waals surface area contributed by atoms with Crippen LogP contribution in [-0.2, 0) is 6.54 Å². The van der Waals surface area contributed by atoms with Crippen LogP contribution in [0.5, 0.6) is 0 Å². The van der Waals surface area contributed by atoms with Gasteiger partial charge in [-0.25, -0.2) is 10.1 Å². The van der Waals surface area contributed by atoms with E-state index in [1.54, 1.807) is 0 Å². The second-order valence-electron chi connectivity index (χ2n) is 4.48. The molecular weight excluding hydrogens is 300 g/mol. The molecule has 1 amide bonds. The van der Waals surface area contributed by atoms with Gasteiger partial charge in [0.25, 0.3) is 11.5 Å². The van der Waals surface area contributed by atoms with E-state index in [4.69, 9.17) is 0 Å². The van der Waals surface area contributed by atoms with Crippen molar-refractivity contribution >= 4 is 17.2 Å². The second-order valence-corrected chi connectivity index (χ2v) is 5.42. The van der Waals surface area contributed by atoms with Gasteiger partial charge in [-0.1, -0.05) is 30.3 Å². The smallest absolute Gasteiger partial charge is 0.272 e. The van der Waals surface area contributed by atoms with E-state index >= 15 is 0 Å². The number of carbonyl (C=O) groups is 1. The molecule has 2 heterocycles. The Labute approximate surface area is 129 Å². The molecule has 0 aliphatic rings. The van der Waals surface area contributed by atoms with Crippen molar-refractivity contribution in [2.24, 2.45) is 0 Å². The van der Waals surface area contributed by atoms with Crippen molar-refractivity contribution in [3.8, 4) is 11.3 Å². The van der Waals surface area contributed by atoms with E-state index in [1.807, 2.05) is 35.7 Å². The number of hydrogen-bond acceptors (Lipinski definition) is 5. The molecular formula is C15H12N4O2S. The fourth-order valence-electron chi connectivity index (χ4n) is 1.85. The first-order valence-electron chi connectivity index (χ1n) is 6.56. The Bertz CT molecular complexity index is 822. The topological polar surface area (TPSA) is 87.7 Å². The van der Waals surface area contributed by atoms with Crippen LogP contribution in [0.15, 0.2) is 52.6 Å². The molecule has 0 saturated heterocycles. The summed E-state index contributed by atoms with van der Waals surface area (Å²) in [5.41, 5.74) is 1.75. The van der Waals surface area contributed by atoms with Crippen LogP contribution in [-0.4, -0.2) is 21.1 Å². The molecule has 2 N–H and O–H groups in total. The molecule has 3 aromatic rings. The van der Waals surface area contributed by atoms with Crippen molar-refractivity contribution in [3.05, 3.63) is 68.9 Å². The number of rotatable bonds is 4. The predicted molar refractivity (Wildman–Crippen MR) is 83.6 cm³/mol. The molecule has 0 saturated carbocycles. The van der Waals surface area contributed by atoms with Gasteiger partial charge in [-0.3, -0.25) is 9.59 Å². The van der Waals surface area contributed by atoms with Gasteiger partial charge in [0.2, 0.25) is 0 Å². The Hall–Kier alpha value is -2.80. The van der Waals surface area contributed by atoms with Gasteiger partial charge in [0, 0.05) is 17.0 Å². The molecule has 0 unspecified atom stereocenters. The molecule has 22 heavy (non-hydrogen) atoms. The number of carbonyl (C=O) groups excluding carboxylic acids is 1. The van der Waals surface area contributed by atoms with Crippen molar-refractivity contribution in [2.45, 2.75) is 6.54 Å². The van der Waals surface area contributed by atoms with Gasteiger partial charge in [-0.2, -0.15) is 5.10 Å². The zero-order valence-electron chi connectivity index (χ0n) is 11.4. The zero-order valence-corrected chi connectivity index (χ0v) is 12.3. The molecule has 0 aliphatic carbocycles. The molecule has 0 atom stereocenters. The second kappa shape index (κ2) is 6.31. The molecule has 0 bridgehead atoms. The van der Waals surface area contributed by atoms with Crippen molar-refractivity contribution < 1.29 is 4.79 Å². The molecule has 1 aromatic carbocycles. The Morgan fingerprint density at radius 2 is 2.00 bits per heavy atom. The van der Waals surface area contributed by atoms with E-state index < -0.39 is 0 Å². The molecule has 0 spiro atoms. The van der Waals surface area contributed by atoms with E-state index in [0.29, 0.717) is 6.54 Å². The Kier molecular flexibility index (Phi) is 4.06.